The summed E-state index contributed by atoms with van der Waals surface area (Å²) >= 11 is 6.09. The van der Waals surface area contributed by atoms with Crippen molar-refractivity contribution in [3.05, 3.63) is 64.8 Å². The van der Waals surface area contributed by atoms with Crippen LogP contribution in [-0.2, 0) is 16.1 Å². The van der Waals surface area contributed by atoms with Crippen molar-refractivity contribution < 1.29 is 23.8 Å². The van der Waals surface area contributed by atoms with E-state index in [-0.39, 0.29) is 24.8 Å². The standard InChI is InChI=1S/C21H19ClN2O5/c1-27-14-7-8-17-15(9-14)19(10-18(24-17)21(26)28-2)29-12-20(25)23-11-13-5-3-4-6-16(13)22/h3-10H,11-12H2,1-2H3,(H,23,25). The molecular weight excluding hydrogens is 396 g/mol. The number of benzene rings is 2. The number of fused-ring (bicyclic) bond motifs is 1. The minimum absolute atomic E-state index is 0.0802. The number of nitrogens with zero attached hydrogens (tertiary/aromatic N) is 1. The van der Waals surface area contributed by atoms with Gasteiger partial charge in [0.25, 0.3) is 5.91 Å². The first kappa shape index (κ1) is 20.4. The third-order valence-corrected chi connectivity index (χ3v) is 4.53. The summed E-state index contributed by atoms with van der Waals surface area (Å²) in [5.74, 6) is -0.0199. The van der Waals surface area contributed by atoms with Crippen LogP contribution < -0.4 is 14.8 Å². The van der Waals surface area contributed by atoms with Crippen LogP contribution in [0.4, 0.5) is 0 Å². The molecular formula is C21H19ClN2O5. The minimum atomic E-state index is -0.601. The summed E-state index contributed by atoms with van der Waals surface area (Å²) in [5.41, 5.74) is 1.39. The van der Waals surface area contributed by atoms with E-state index < -0.39 is 5.97 Å². The lowest BCUT2D eigenvalue weighted by molar-refractivity contribution is -0.123. The van der Waals surface area contributed by atoms with Crippen LogP contribution in [0.3, 0.4) is 0 Å². The largest absolute Gasteiger partial charge is 0.497 e. The lowest BCUT2D eigenvalue weighted by Gasteiger charge is -2.12. The van der Waals surface area contributed by atoms with Gasteiger partial charge >= 0.3 is 5.97 Å². The van der Waals surface area contributed by atoms with Gasteiger partial charge in [-0.05, 0) is 29.8 Å². The molecule has 3 aromatic rings. The van der Waals surface area contributed by atoms with E-state index in [0.717, 1.165) is 5.56 Å². The van der Waals surface area contributed by atoms with Crippen LogP contribution in [0.15, 0.2) is 48.5 Å². The number of methoxy groups -OCH3 is 2. The van der Waals surface area contributed by atoms with Crippen molar-refractivity contribution in [3.8, 4) is 11.5 Å². The Bertz CT molecular complexity index is 1050. The SMILES string of the molecule is COC(=O)c1cc(OCC(=O)NCc2ccccc2Cl)c2cc(OC)ccc2n1. The van der Waals surface area contributed by atoms with Crippen molar-refractivity contribution in [1.29, 1.82) is 0 Å². The van der Waals surface area contributed by atoms with Gasteiger partial charge in [0.15, 0.2) is 12.3 Å². The molecule has 0 bridgehead atoms. The normalized spacial score (nSPS) is 10.4. The number of carbonyl (C=O) groups excluding carboxylic acids is 2. The number of nitrogens with one attached hydrogen (secondary N) is 1. The molecule has 0 aliphatic carbocycles. The number of aromatic nitrogens is 1. The second kappa shape index (κ2) is 9.25. The molecule has 0 saturated carbocycles. The van der Waals surface area contributed by atoms with E-state index in [4.69, 9.17) is 25.8 Å². The fourth-order valence-corrected chi connectivity index (χ4v) is 2.86. The maximum Gasteiger partial charge on any atom is 0.356 e. The van der Waals surface area contributed by atoms with Crippen LogP contribution in [0.5, 0.6) is 11.5 Å². The second-order valence-electron chi connectivity index (χ2n) is 6.04. The summed E-state index contributed by atoms with van der Waals surface area (Å²) in [7, 11) is 2.81. The zero-order chi connectivity index (χ0) is 20.8. The van der Waals surface area contributed by atoms with Crippen molar-refractivity contribution >= 4 is 34.4 Å². The first-order valence-corrected chi connectivity index (χ1v) is 9.09. The number of carbonyl (C=O) groups is 2. The average molecular weight is 415 g/mol. The summed E-state index contributed by atoms with van der Waals surface area (Å²) in [6.45, 7) is 0.0293. The molecule has 8 heteroatoms. The molecule has 0 spiro atoms. The van der Waals surface area contributed by atoms with Crippen molar-refractivity contribution in [1.82, 2.24) is 10.3 Å². The summed E-state index contributed by atoms with van der Waals surface area (Å²) in [6.07, 6.45) is 0. The van der Waals surface area contributed by atoms with Gasteiger partial charge < -0.3 is 19.5 Å². The van der Waals surface area contributed by atoms with Gasteiger partial charge in [-0.3, -0.25) is 4.79 Å². The molecule has 29 heavy (non-hydrogen) atoms. The van der Waals surface area contributed by atoms with Crippen molar-refractivity contribution in [2.24, 2.45) is 0 Å². The molecule has 7 nitrogen and oxygen atoms in total. The first-order valence-electron chi connectivity index (χ1n) is 8.72. The number of pyridine rings is 1. The summed E-state index contributed by atoms with van der Waals surface area (Å²) in [6, 6.07) is 13.8. The molecule has 3 rings (SSSR count). The number of esters is 1. The third kappa shape index (κ3) is 4.94. The van der Waals surface area contributed by atoms with E-state index in [1.165, 1.54) is 13.2 Å². The van der Waals surface area contributed by atoms with Crippen molar-refractivity contribution in [2.75, 3.05) is 20.8 Å². The van der Waals surface area contributed by atoms with E-state index >= 15 is 0 Å². The second-order valence-corrected chi connectivity index (χ2v) is 6.44. The van der Waals surface area contributed by atoms with E-state index in [1.807, 2.05) is 18.2 Å². The van der Waals surface area contributed by atoms with Gasteiger partial charge in [-0.15, -0.1) is 0 Å². The maximum absolute atomic E-state index is 12.2. The Kier molecular flexibility index (Phi) is 6.51. The summed E-state index contributed by atoms with van der Waals surface area (Å²) in [5, 5.41) is 3.93. The first-order chi connectivity index (χ1) is 14.0. The van der Waals surface area contributed by atoms with Crippen LogP contribution in [0.2, 0.25) is 5.02 Å². The number of hydrogen-bond acceptors (Lipinski definition) is 6. The van der Waals surface area contributed by atoms with Crippen LogP contribution in [0.1, 0.15) is 16.1 Å². The van der Waals surface area contributed by atoms with Gasteiger partial charge in [-0.2, -0.15) is 0 Å². The Morgan fingerprint density at radius 1 is 1.10 bits per heavy atom. The van der Waals surface area contributed by atoms with E-state index in [2.05, 4.69) is 10.3 Å². The van der Waals surface area contributed by atoms with E-state index in [9.17, 15) is 9.59 Å². The molecule has 2 aromatic carbocycles. The highest BCUT2D eigenvalue weighted by Gasteiger charge is 2.15. The Labute approximate surface area is 172 Å². The number of hydrogen-bond donors (Lipinski definition) is 1. The van der Waals surface area contributed by atoms with Crippen LogP contribution in [0, 0.1) is 0 Å². The van der Waals surface area contributed by atoms with Crippen LogP contribution in [-0.4, -0.2) is 37.7 Å². The molecule has 0 fully saturated rings. The Hall–Kier alpha value is -3.32. The number of amides is 1. The smallest absolute Gasteiger partial charge is 0.356 e. The fraction of sp³-hybridized carbons (Fsp3) is 0.190. The Morgan fingerprint density at radius 2 is 1.90 bits per heavy atom. The predicted molar refractivity (Wildman–Crippen MR) is 108 cm³/mol. The number of ether oxygens (including phenoxy) is 3. The molecule has 1 heterocycles. The number of halogens is 1. The van der Waals surface area contributed by atoms with Crippen LogP contribution in [0.25, 0.3) is 10.9 Å². The van der Waals surface area contributed by atoms with E-state index in [0.29, 0.717) is 27.4 Å². The fourth-order valence-electron chi connectivity index (χ4n) is 2.66. The molecule has 1 aromatic heterocycles. The van der Waals surface area contributed by atoms with Gasteiger partial charge in [-0.25, -0.2) is 9.78 Å². The van der Waals surface area contributed by atoms with Gasteiger partial charge in [0.2, 0.25) is 0 Å². The third-order valence-electron chi connectivity index (χ3n) is 4.17. The lowest BCUT2D eigenvalue weighted by Crippen LogP contribution is -2.28. The van der Waals surface area contributed by atoms with Gasteiger partial charge in [0, 0.05) is 23.0 Å². The van der Waals surface area contributed by atoms with Crippen molar-refractivity contribution in [2.45, 2.75) is 6.54 Å². The van der Waals surface area contributed by atoms with Gasteiger partial charge in [-0.1, -0.05) is 29.8 Å². The average Bonchev–Trinajstić information content (AvgIpc) is 2.75. The zero-order valence-corrected chi connectivity index (χ0v) is 16.7. The lowest BCUT2D eigenvalue weighted by atomic mass is 10.1. The molecule has 0 aliphatic rings. The quantitative estimate of drug-likeness (QED) is 0.596. The Morgan fingerprint density at radius 3 is 2.62 bits per heavy atom. The van der Waals surface area contributed by atoms with E-state index in [1.54, 1.807) is 31.4 Å². The highest BCUT2D eigenvalue weighted by molar-refractivity contribution is 6.31. The summed E-state index contributed by atoms with van der Waals surface area (Å²) in [4.78, 5) is 28.4. The van der Waals surface area contributed by atoms with Crippen molar-refractivity contribution in [3.63, 3.8) is 0 Å². The molecule has 0 radical (unpaired) electrons. The molecule has 0 atom stereocenters. The van der Waals surface area contributed by atoms with Crippen LogP contribution >= 0.6 is 11.6 Å². The molecule has 0 aliphatic heterocycles. The highest BCUT2D eigenvalue weighted by Crippen LogP contribution is 2.29. The maximum atomic E-state index is 12.2. The Balaban J connectivity index is 1.77. The molecule has 0 saturated heterocycles. The molecule has 1 N–H and O–H groups in total. The number of rotatable bonds is 7. The van der Waals surface area contributed by atoms with Gasteiger partial charge in [0.1, 0.15) is 11.5 Å². The van der Waals surface area contributed by atoms with Gasteiger partial charge in [0.05, 0.1) is 19.7 Å². The zero-order valence-electron chi connectivity index (χ0n) is 15.9. The summed E-state index contributed by atoms with van der Waals surface area (Å²) < 4.78 is 15.7. The highest BCUT2D eigenvalue weighted by atomic mass is 35.5. The minimum Gasteiger partial charge on any atom is -0.497 e. The molecule has 0 unspecified atom stereocenters. The monoisotopic (exact) mass is 414 g/mol. The predicted octanol–water partition coefficient (Wildman–Crippen LogP) is 3.38. The molecule has 150 valence electrons. The molecule has 1 amide bonds. The topological polar surface area (TPSA) is 86.8 Å².